The van der Waals surface area contributed by atoms with Crippen molar-refractivity contribution >= 4 is 23.1 Å². The molecule has 0 saturated heterocycles. The molecule has 0 aliphatic rings. The number of halogens is 15. The predicted octanol–water partition coefficient (Wildman–Crippen LogP) is 17.5. The summed E-state index contributed by atoms with van der Waals surface area (Å²) in [6.07, 6.45) is 47.3. The van der Waals surface area contributed by atoms with E-state index in [2.05, 4.69) is 23.8 Å². The van der Waals surface area contributed by atoms with E-state index in [0.717, 1.165) is 0 Å². The van der Waals surface area contributed by atoms with Gasteiger partial charge < -0.3 is 4.98 Å². The fourth-order valence-electron chi connectivity index (χ4n) is 9.18. The third-order valence-corrected chi connectivity index (χ3v) is 13.5. The van der Waals surface area contributed by atoms with E-state index in [1.54, 1.807) is 0 Å². The molecule has 0 amide bonds. The van der Waals surface area contributed by atoms with Crippen molar-refractivity contribution in [2.45, 2.75) is 219 Å². The fourth-order valence-corrected chi connectivity index (χ4v) is 9.18. The Kier molecular flexibility index (Phi) is 29.8. The van der Waals surface area contributed by atoms with Crippen LogP contribution in [0.15, 0.2) is 6.33 Å². The molecule has 0 unspecified atom stereocenters. The number of aryl methyl sites for hydroxylation is 2. The Morgan fingerprint density at radius 1 is 0.288 bits per heavy atom. The number of unbranched alkanes of at least 4 members (excludes halogenated alkanes) is 28. The second-order valence-electron chi connectivity index (χ2n) is 19.1. The molecule has 4 rings (SSSR count). The number of nitrogens with one attached hydrogen (secondary N) is 1. The van der Waals surface area contributed by atoms with E-state index in [1.165, 1.54) is 217 Å². The number of benzene rings is 3. The second kappa shape index (κ2) is 34.5. The van der Waals surface area contributed by atoms with E-state index in [1.807, 2.05) is 6.33 Å². The molecule has 2 nitrogen and oxygen atoms in total. The van der Waals surface area contributed by atoms with Gasteiger partial charge in [-0.05, 0) is 25.7 Å². The van der Waals surface area contributed by atoms with E-state index in [0.29, 0.717) is 0 Å². The van der Waals surface area contributed by atoms with Crippen molar-refractivity contribution in [3.63, 3.8) is 0 Å². The SMILES string of the molecule is CCCCCCCCCCCCCCCCCc1nc[nH]c1CCCCCCCCCCCCCCCCC.Fc1c(F)c(F)c(B(c2c(F)c(F)c(F)c(F)c2F)c2c(F)c(F)c(F)c(F)c2F)c(F)c1F. The highest BCUT2D eigenvalue weighted by Gasteiger charge is 2.45. The molecule has 0 spiro atoms. The largest absolute Gasteiger partial charge is 0.348 e. The standard InChI is InChI=1S/C37H72N2.C18BF15/c1-3-5-7-9-11-13-15-17-19-21-23-25-27-29-31-33-36-37(39-35-38-36)34-32-30-28-26-24-22-20-18-16-14-12-10-8-6-4-2;20-4-1(5(21)11(27)16(32)10(4)26)19(2-6(22)12(28)17(33)13(29)7(2)23)3-8(24)14(30)18(34)15(31)9(3)25/h35H,3-34H2,1-2H3,(H,38,39);. The lowest BCUT2D eigenvalue weighted by atomic mass is 9.36. The van der Waals surface area contributed by atoms with Crippen LogP contribution in [0.2, 0.25) is 0 Å². The first kappa shape index (κ1) is 63.2. The van der Waals surface area contributed by atoms with Gasteiger partial charge in [-0.1, -0.05) is 194 Å². The van der Waals surface area contributed by atoms with Gasteiger partial charge in [0.2, 0.25) is 0 Å². The average molecular weight is 1060 g/mol. The molecule has 0 saturated carbocycles. The van der Waals surface area contributed by atoms with Gasteiger partial charge in [-0.3, -0.25) is 0 Å². The van der Waals surface area contributed by atoms with Crippen LogP contribution < -0.4 is 16.4 Å². The summed E-state index contributed by atoms with van der Waals surface area (Å²) in [6, 6.07) is 0. The highest BCUT2D eigenvalue weighted by Crippen LogP contribution is 2.25. The van der Waals surface area contributed by atoms with Gasteiger partial charge in [0.25, 0.3) is 6.71 Å². The minimum absolute atomic E-state index is 1.18. The molecule has 1 aromatic heterocycles. The Labute approximate surface area is 422 Å². The number of hydrogen-bond donors (Lipinski definition) is 1. The van der Waals surface area contributed by atoms with Crippen molar-refractivity contribution in [3.8, 4) is 0 Å². The molecule has 0 atom stereocenters. The van der Waals surface area contributed by atoms with E-state index >= 15 is 0 Å². The van der Waals surface area contributed by atoms with Gasteiger partial charge in [-0.2, -0.15) is 0 Å². The topological polar surface area (TPSA) is 28.7 Å². The van der Waals surface area contributed by atoms with Crippen LogP contribution in [0.1, 0.15) is 218 Å². The molecule has 0 fully saturated rings. The van der Waals surface area contributed by atoms with E-state index in [4.69, 9.17) is 0 Å². The van der Waals surface area contributed by atoms with Crippen LogP contribution in [-0.4, -0.2) is 16.7 Å². The van der Waals surface area contributed by atoms with Crippen molar-refractivity contribution in [2.24, 2.45) is 0 Å². The molecule has 0 aliphatic carbocycles. The maximum Gasteiger partial charge on any atom is 0.265 e. The monoisotopic (exact) mass is 1060 g/mol. The summed E-state index contributed by atoms with van der Waals surface area (Å²) < 4.78 is 209. The molecular weight excluding hydrogens is 984 g/mol. The van der Waals surface area contributed by atoms with Crippen LogP contribution in [-0.2, 0) is 12.8 Å². The summed E-state index contributed by atoms with van der Waals surface area (Å²) in [5, 5.41) is 0. The molecule has 410 valence electrons. The lowest BCUT2D eigenvalue weighted by Crippen LogP contribution is -2.60. The fraction of sp³-hybridized carbons (Fsp3) is 0.618. The van der Waals surface area contributed by atoms with Gasteiger partial charge >= 0.3 is 0 Å². The number of hydrogen-bond acceptors (Lipinski definition) is 1. The van der Waals surface area contributed by atoms with Crippen LogP contribution in [0.4, 0.5) is 65.9 Å². The maximum atomic E-state index is 14.4. The summed E-state index contributed by atoms with van der Waals surface area (Å²) in [7, 11) is 0. The minimum atomic E-state index is -3.96. The second-order valence-corrected chi connectivity index (χ2v) is 19.1. The number of nitrogens with zero attached hydrogens (tertiary/aromatic N) is 1. The Balaban J connectivity index is 0.000000388. The Morgan fingerprint density at radius 3 is 0.740 bits per heavy atom. The number of rotatable bonds is 35. The Hall–Kier alpha value is -4.12. The van der Waals surface area contributed by atoms with Gasteiger partial charge in [-0.15, -0.1) is 0 Å². The third-order valence-electron chi connectivity index (χ3n) is 13.5. The quantitative estimate of drug-likeness (QED) is 0.0161. The molecule has 1 heterocycles. The van der Waals surface area contributed by atoms with Crippen molar-refractivity contribution in [3.05, 3.63) is 105 Å². The van der Waals surface area contributed by atoms with Crippen molar-refractivity contribution in [1.29, 1.82) is 0 Å². The predicted molar refractivity (Wildman–Crippen MR) is 259 cm³/mol. The summed E-state index contributed by atoms with van der Waals surface area (Å²) in [4.78, 5) is 8.10. The zero-order valence-corrected chi connectivity index (χ0v) is 42.4. The molecule has 73 heavy (non-hydrogen) atoms. The summed E-state index contributed by atoms with van der Waals surface area (Å²) in [6.45, 7) is 0.647. The van der Waals surface area contributed by atoms with Gasteiger partial charge in [0, 0.05) is 22.1 Å². The van der Waals surface area contributed by atoms with Crippen molar-refractivity contribution in [1.82, 2.24) is 9.97 Å². The minimum Gasteiger partial charge on any atom is -0.348 e. The van der Waals surface area contributed by atoms with Crippen LogP contribution >= 0.6 is 0 Å². The number of aromatic amines is 1. The van der Waals surface area contributed by atoms with Crippen molar-refractivity contribution in [2.75, 3.05) is 0 Å². The van der Waals surface area contributed by atoms with E-state index in [-0.39, 0.29) is 0 Å². The lowest BCUT2D eigenvalue weighted by Gasteiger charge is -2.21. The highest BCUT2D eigenvalue weighted by molar-refractivity contribution is 6.95. The zero-order chi connectivity index (χ0) is 53.9. The average Bonchev–Trinajstić information content (AvgIpc) is 3.84. The Bertz CT molecular complexity index is 1950. The van der Waals surface area contributed by atoms with E-state index in [9.17, 15) is 65.9 Å². The van der Waals surface area contributed by atoms with Gasteiger partial charge in [0.05, 0.1) is 12.0 Å². The first-order valence-electron chi connectivity index (χ1n) is 26.6. The highest BCUT2D eigenvalue weighted by atomic mass is 19.2. The molecule has 3 aromatic carbocycles. The molecule has 1 N–H and O–H groups in total. The molecule has 0 aliphatic heterocycles. The zero-order valence-electron chi connectivity index (χ0n) is 42.4. The van der Waals surface area contributed by atoms with Crippen LogP contribution in [0.3, 0.4) is 0 Å². The summed E-state index contributed by atoms with van der Waals surface area (Å²) in [5.41, 5.74) is -5.25. The van der Waals surface area contributed by atoms with Crippen molar-refractivity contribution < 1.29 is 65.9 Å². The normalized spacial score (nSPS) is 11.5. The molecule has 18 heteroatoms. The summed E-state index contributed by atoms with van der Waals surface area (Å²) >= 11 is 0. The smallest absolute Gasteiger partial charge is 0.265 e. The number of imidazole rings is 1. The van der Waals surface area contributed by atoms with Crippen LogP contribution in [0.5, 0.6) is 0 Å². The van der Waals surface area contributed by atoms with Crippen LogP contribution in [0, 0.1) is 87.3 Å². The Morgan fingerprint density at radius 2 is 0.493 bits per heavy atom. The first-order valence-corrected chi connectivity index (χ1v) is 26.6. The van der Waals surface area contributed by atoms with E-state index < -0.39 is 110 Å². The molecule has 4 aromatic rings. The molecule has 0 bridgehead atoms. The van der Waals surface area contributed by atoms with Crippen LogP contribution in [0.25, 0.3) is 0 Å². The van der Waals surface area contributed by atoms with Gasteiger partial charge in [0.15, 0.2) is 87.3 Å². The van der Waals surface area contributed by atoms with Gasteiger partial charge in [0.1, 0.15) is 0 Å². The van der Waals surface area contributed by atoms with Gasteiger partial charge in [-0.25, -0.2) is 70.8 Å². The number of H-pyrrole nitrogens is 1. The lowest BCUT2D eigenvalue weighted by molar-refractivity contribution is 0.380. The summed E-state index contributed by atoms with van der Waals surface area (Å²) in [5.74, 6) is -45.2. The third kappa shape index (κ3) is 19.2. The maximum absolute atomic E-state index is 14.4. The first-order chi connectivity index (χ1) is 35.0. The molecular formula is C55H72BF15N2. The molecule has 0 radical (unpaired) electrons. The number of aromatic nitrogens is 2.